The Balaban J connectivity index is 3.32. The maximum absolute atomic E-state index is 10.2. The lowest BCUT2D eigenvalue weighted by Crippen LogP contribution is -2.37. The van der Waals surface area contributed by atoms with Gasteiger partial charge in [-0.25, -0.2) is 0 Å². The highest BCUT2D eigenvalue weighted by atomic mass is 16.5. The molecule has 0 aliphatic rings. The molecular weight excluding hydrogens is 214 g/mol. The highest BCUT2D eigenvalue weighted by Crippen LogP contribution is 2.34. The molecule has 0 aliphatic heterocycles. The molecule has 1 rings (SSSR count). The normalized spacial score (nSPS) is 13.6. The summed E-state index contributed by atoms with van der Waals surface area (Å²) < 4.78 is 5.41. The standard InChI is InChI=1S/C14H23NO2/c1-9-7-11(12(17-6)8-10(9)2)13(15-5)14(3,4)16/h7-8,13,15-16H,1-6H3. The Labute approximate surface area is 104 Å². The van der Waals surface area contributed by atoms with E-state index in [4.69, 9.17) is 4.74 Å². The van der Waals surface area contributed by atoms with Crippen LogP contribution in [-0.4, -0.2) is 24.9 Å². The average molecular weight is 237 g/mol. The van der Waals surface area contributed by atoms with Crippen LogP contribution < -0.4 is 10.1 Å². The molecule has 0 amide bonds. The third-order valence-corrected chi connectivity index (χ3v) is 3.15. The van der Waals surface area contributed by atoms with Crippen molar-refractivity contribution in [2.45, 2.75) is 39.3 Å². The molecule has 0 spiro atoms. The van der Waals surface area contributed by atoms with Crippen molar-refractivity contribution in [1.29, 1.82) is 0 Å². The predicted molar refractivity (Wildman–Crippen MR) is 70.6 cm³/mol. The molecule has 17 heavy (non-hydrogen) atoms. The van der Waals surface area contributed by atoms with E-state index in [9.17, 15) is 5.11 Å². The lowest BCUT2D eigenvalue weighted by molar-refractivity contribution is 0.0391. The summed E-state index contributed by atoms with van der Waals surface area (Å²) in [6, 6.07) is 3.94. The van der Waals surface area contributed by atoms with Crippen molar-refractivity contribution >= 4 is 0 Å². The first-order chi connectivity index (χ1) is 7.81. The average Bonchev–Trinajstić information content (AvgIpc) is 2.21. The van der Waals surface area contributed by atoms with Gasteiger partial charge in [0.25, 0.3) is 0 Å². The number of nitrogens with one attached hydrogen (secondary N) is 1. The first-order valence-corrected chi connectivity index (χ1v) is 5.86. The quantitative estimate of drug-likeness (QED) is 0.844. The molecule has 0 heterocycles. The van der Waals surface area contributed by atoms with Crippen LogP contribution in [0.4, 0.5) is 0 Å². The largest absolute Gasteiger partial charge is 0.496 e. The van der Waals surface area contributed by atoms with Crippen LogP contribution in [-0.2, 0) is 0 Å². The minimum Gasteiger partial charge on any atom is -0.496 e. The molecule has 3 nitrogen and oxygen atoms in total. The number of hydrogen-bond donors (Lipinski definition) is 2. The topological polar surface area (TPSA) is 41.5 Å². The molecule has 1 unspecified atom stereocenters. The van der Waals surface area contributed by atoms with Gasteiger partial charge in [-0.2, -0.15) is 0 Å². The van der Waals surface area contributed by atoms with Crippen molar-refractivity contribution in [3.8, 4) is 5.75 Å². The molecule has 0 aliphatic carbocycles. The summed E-state index contributed by atoms with van der Waals surface area (Å²) in [6.45, 7) is 7.71. The number of benzene rings is 1. The highest BCUT2D eigenvalue weighted by Gasteiger charge is 2.29. The molecule has 2 N–H and O–H groups in total. The minimum atomic E-state index is -0.844. The van der Waals surface area contributed by atoms with Gasteiger partial charge in [-0.05, 0) is 51.9 Å². The number of likely N-dealkylation sites (N-methyl/N-ethyl adjacent to an activating group) is 1. The Hall–Kier alpha value is -1.06. The van der Waals surface area contributed by atoms with E-state index in [1.54, 1.807) is 21.0 Å². The molecule has 1 atom stereocenters. The summed E-state index contributed by atoms with van der Waals surface area (Å²) in [6.07, 6.45) is 0. The van der Waals surface area contributed by atoms with Crippen LogP contribution in [0.2, 0.25) is 0 Å². The van der Waals surface area contributed by atoms with Crippen molar-refractivity contribution in [2.24, 2.45) is 0 Å². The second kappa shape index (κ2) is 5.07. The van der Waals surface area contributed by atoms with Crippen molar-refractivity contribution in [3.05, 3.63) is 28.8 Å². The Morgan fingerprint density at radius 3 is 2.18 bits per heavy atom. The van der Waals surface area contributed by atoms with Gasteiger partial charge >= 0.3 is 0 Å². The molecule has 0 fully saturated rings. The molecule has 1 aromatic carbocycles. The van der Waals surface area contributed by atoms with Crippen LogP contribution in [0.1, 0.15) is 36.6 Å². The van der Waals surface area contributed by atoms with Crippen LogP contribution in [0.5, 0.6) is 5.75 Å². The van der Waals surface area contributed by atoms with E-state index in [-0.39, 0.29) is 6.04 Å². The van der Waals surface area contributed by atoms with E-state index in [2.05, 4.69) is 25.2 Å². The van der Waals surface area contributed by atoms with Gasteiger partial charge < -0.3 is 15.2 Å². The van der Waals surface area contributed by atoms with Gasteiger partial charge in [0.1, 0.15) is 5.75 Å². The molecule has 0 saturated heterocycles. The van der Waals surface area contributed by atoms with Crippen LogP contribution in [0.25, 0.3) is 0 Å². The van der Waals surface area contributed by atoms with Gasteiger partial charge in [0.2, 0.25) is 0 Å². The van der Waals surface area contributed by atoms with Crippen molar-refractivity contribution in [3.63, 3.8) is 0 Å². The van der Waals surface area contributed by atoms with Gasteiger partial charge in [-0.15, -0.1) is 0 Å². The third-order valence-electron chi connectivity index (χ3n) is 3.15. The molecule has 96 valence electrons. The summed E-state index contributed by atoms with van der Waals surface area (Å²) in [4.78, 5) is 0. The summed E-state index contributed by atoms with van der Waals surface area (Å²) in [5.74, 6) is 0.814. The fraction of sp³-hybridized carbons (Fsp3) is 0.571. The summed E-state index contributed by atoms with van der Waals surface area (Å²) in [5, 5.41) is 13.3. The smallest absolute Gasteiger partial charge is 0.124 e. The zero-order valence-corrected chi connectivity index (χ0v) is 11.6. The Kier molecular flexibility index (Phi) is 4.17. The van der Waals surface area contributed by atoms with Gasteiger partial charge in [0.15, 0.2) is 0 Å². The van der Waals surface area contributed by atoms with Gasteiger partial charge in [0, 0.05) is 5.56 Å². The van der Waals surface area contributed by atoms with E-state index in [1.165, 1.54) is 11.1 Å². The van der Waals surface area contributed by atoms with E-state index in [0.717, 1.165) is 11.3 Å². The second-order valence-corrected chi connectivity index (χ2v) is 5.05. The summed E-state index contributed by atoms with van der Waals surface area (Å²) in [5.41, 5.74) is 2.54. The monoisotopic (exact) mass is 237 g/mol. The van der Waals surface area contributed by atoms with Crippen molar-refractivity contribution in [2.75, 3.05) is 14.2 Å². The first-order valence-electron chi connectivity index (χ1n) is 5.86. The predicted octanol–water partition coefficient (Wildman–Crippen LogP) is 2.34. The lowest BCUT2D eigenvalue weighted by Gasteiger charge is -2.31. The number of ether oxygens (including phenoxy) is 1. The zero-order chi connectivity index (χ0) is 13.2. The van der Waals surface area contributed by atoms with Gasteiger partial charge in [-0.1, -0.05) is 6.07 Å². The Morgan fingerprint density at radius 1 is 1.24 bits per heavy atom. The maximum atomic E-state index is 10.2. The summed E-state index contributed by atoms with van der Waals surface area (Å²) in [7, 11) is 3.50. The lowest BCUT2D eigenvalue weighted by atomic mass is 9.89. The van der Waals surface area contributed by atoms with Crippen LogP contribution in [0, 0.1) is 13.8 Å². The molecule has 3 heteroatoms. The van der Waals surface area contributed by atoms with E-state index in [0.29, 0.717) is 0 Å². The third kappa shape index (κ3) is 2.99. The zero-order valence-electron chi connectivity index (χ0n) is 11.6. The number of rotatable bonds is 4. The fourth-order valence-electron chi connectivity index (χ4n) is 2.10. The van der Waals surface area contributed by atoms with Crippen LogP contribution >= 0.6 is 0 Å². The Morgan fingerprint density at radius 2 is 1.76 bits per heavy atom. The van der Waals surface area contributed by atoms with Crippen molar-refractivity contribution in [1.82, 2.24) is 5.32 Å². The minimum absolute atomic E-state index is 0.156. The van der Waals surface area contributed by atoms with E-state index < -0.39 is 5.60 Å². The highest BCUT2D eigenvalue weighted by molar-refractivity contribution is 5.44. The maximum Gasteiger partial charge on any atom is 0.124 e. The molecular formula is C14H23NO2. The van der Waals surface area contributed by atoms with Crippen molar-refractivity contribution < 1.29 is 9.84 Å². The van der Waals surface area contributed by atoms with Gasteiger partial charge in [0.05, 0.1) is 18.8 Å². The van der Waals surface area contributed by atoms with Crippen LogP contribution in [0.3, 0.4) is 0 Å². The number of aliphatic hydroxyl groups is 1. The molecule has 0 saturated carbocycles. The number of aryl methyl sites for hydroxylation is 2. The summed E-state index contributed by atoms with van der Waals surface area (Å²) >= 11 is 0. The molecule has 0 bridgehead atoms. The van der Waals surface area contributed by atoms with Crippen LogP contribution in [0.15, 0.2) is 12.1 Å². The van der Waals surface area contributed by atoms with Gasteiger partial charge in [-0.3, -0.25) is 0 Å². The Bertz CT molecular complexity index is 394. The molecule has 0 aromatic heterocycles. The fourth-order valence-corrected chi connectivity index (χ4v) is 2.10. The second-order valence-electron chi connectivity index (χ2n) is 5.05. The first kappa shape index (κ1) is 14.0. The van der Waals surface area contributed by atoms with E-state index >= 15 is 0 Å². The van der Waals surface area contributed by atoms with E-state index in [1.807, 2.05) is 13.1 Å². The number of methoxy groups -OCH3 is 1. The molecule has 0 radical (unpaired) electrons. The molecule has 1 aromatic rings. The number of hydrogen-bond acceptors (Lipinski definition) is 3. The SMILES string of the molecule is CNC(c1cc(C)c(C)cc1OC)C(C)(C)O.